The number of rotatable bonds is 5. The highest BCUT2D eigenvalue weighted by Crippen LogP contribution is 2.16. The van der Waals surface area contributed by atoms with E-state index < -0.39 is 11.9 Å². The molecule has 0 bridgehead atoms. The summed E-state index contributed by atoms with van der Waals surface area (Å²) in [5.41, 5.74) is 0.708. The number of hydrogen-bond acceptors (Lipinski definition) is 2. The van der Waals surface area contributed by atoms with Gasteiger partial charge in [-0.05, 0) is 43.7 Å². The molecule has 1 unspecified atom stereocenters. The zero-order valence-corrected chi connectivity index (χ0v) is 12.2. The first-order valence-corrected chi connectivity index (χ1v) is 6.85. The van der Waals surface area contributed by atoms with Crippen molar-refractivity contribution in [2.24, 2.45) is 0 Å². The molecule has 0 aliphatic carbocycles. The van der Waals surface area contributed by atoms with Crippen molar-refractivity contribution >= 4 is 5.91 Å². The zero-order valence-electron chi connectivity index (χ0n) is 12.2. The van der Waals surface area contributed by atoms with Gasteiger partial charge in [0.1, 0.15) is 5.82 Å². The number of amides is 1. The minimum atomic E-state index is -0.465. The summed E-state index contributed by atoms with van der Waals surface area (Å²) in [5, 5.41) is 9.24. The quantitative estimate of drug-likeness (QED) is 0.919. The van der Waals surface area contributed by atoms with Gasteiger partial charge in [0.25, 0.3) is 5.91 Å². The van der Waals surface area contributed by atoms with Gasteiger partial charge in [-0.15, -0.1) is 0 Å². The molecule has 0 aliphatic rings. The fourth-order valence-electron chi connectivity index (χ4n) is 2.05. The van der Waals surface area contributed by atoms with Crippen molar-refractivity contribution in [2.45, 2.75) is 19.4 Å². The second-order valence-corrected chi connectivity index (χ2v) is 5.12. The van der Waals surface area contributed by atoms with E-state index >= 15 is 0 Å². The van der Waals surface area contributed by atoms with Crippen LogP contribution < -0.4 is 0 Å². The molecule has 4 nitrogen and oxygen atoms in total. The number of aliphatic hydroxyl groups is 1. The molecule has 0 aliphatic heterocycles. The van der Waals surface area contributed by atoms with E-state index in [0.717, 1.165) is 0 Å². The van der Waals surface area contributed by atoms with Gasteiger partial charge in [0.2, 0.25) is 0 Å². The Morgan fingerprint density at radius 3 is 2.62 bits per heavy atom. The zero-order chi connectivity index (χ0) is 15.4. The molecule has 5 heteroatoms. The molecule has 0 fully saturated rings. The Morgan fingerprint density at radius 1 is 1.38 bits per heavy atom. The number of halogens is 1. The van der Waals surface area contributed by atoms with E-state index in [2.05, 4.69) is 0 Å². The standard InChI is InChI=1S/C16H19FN2O2/c1-12(20)7-10-18(2)16(21)13-5-6-15(14(17)11-13)19-8-3-4-9-19/h3-6,8-9,11-12,20H,7,10H2,1-2H3. The monoisotopic (exact) mass is 290 g/mol. The van der Waals surface area contributed by atoms with Gasteiger partial charge < -0.3 is 14.6 Å². The van der Waals surface area contributed by atoms with Crippen LogP contribution in [-0.2, 0) is 0 Å². The molecule has 2 rings (SSSR count). The van der Waals surface area contributed by atoms with Gasteiger partial charge >= 0.3 is 0 Å². The highest BCUT2D eigenvalue weighted by atomic mass is 19.1. The summed E-state index contributed by atoms with van der Waals surface area (Å²) < 4.78 is 15.8. The van der Waals surface area contributed by atoms with E-state index in [9.17, 15) is 14.3 Å². The van der Waals surface area contributed by atoms with E-state index in [1.807, 2.05) is 12.1 Å². The number of aromatic nitrogens is 1. The van der Waals surface area contributed by atoms with Crippen LogP contribution in [0.15, 0.2) is 42.7 Å². The normalized spacial score (nSPS) is 12.2. The van der Waals surface area contributed by atoms with Crippen LogP contribution in [0.5, 0.6) is 0 Å². The predicted octanol–water partition coefficient (Wildman–Crippen LogP) is 2.46. The van der Waals surface area contributed by atoms with Gasteiger partial charge in [-0.1, -0.05) is 0 Å². The SMILES string of the molecule is CC(O)CCN(C)C(=O)c1ccc(-n2cccc2)c(F)c1. The molecule has 21 heavy (non-hydrogen) atoms. The lowest BCUT2D eigenvalue weighted by molar-refractivity contribution is 0.0768. The van der Waals surface area contributed by atoms with Crippen LogP contribution in [-0.4, -0.2) is 40.2 Å². The summed E-state index contributed by atoms with van der Waals surface area (Å²) in [6.45, 7) is 2.10. The van der Waals surface area contributed by atoms with E-state index in [-0.39, 0.29) is 5.91 Å². The van der Waals surface area contributed by atoms with Crippen LogP contribution in [0.1, 0.15) is 23.7 Å². The number of carbonyl (C=O) groups is 1. The summed E-state index contributed by atoms with van der Waals surface area (Å²) in [4.78, 5) is 13.7. The molecule has 1 N–H and O–H groups in total. The number of nitrogens with zero attached hydrogens (tertiary/aromatic N) is 2. The second kappa shape index (κ2) is 6.54. The predicted molar refractivity (Wildman–Crippen MR) is 79.0 cm³/mol. The Hall–Kier alpha value is -2.14. The molecule has 1 heterocycles. The van der Waals surface area contributed by atoms with Crippen molar-refractivity contribution in [1.29, 1.82) is 0 Å². The third-order valence-electron chi connectivity index (χ3n) is 3.31. The van der Waals surface area contributed by atoms with Gasteiger partial charge in [-0.3, -0.25) is 4.79 Å². The van der Waals surface area contributed by atoms with Crippen LogP contribution >= 0.6 is 0 Å². The maximum Gasteiger partial charge on any atom is 0.253 e. The van der Waals surface area contributed by atoms with Gasteiger partial charge in [0, 0.05) is 31.5 Å². The van der Waals surface area contributed by atoms with Gasteiger partial charge in [-0.25, -0.2) is 4.39 Å². The lowest BCUT2D eigenvalue weighted by Crippen LogP contribution is -2.29. The number of aliphatic hydroxyl groups excluding tert-OH is 1. The van der Waals surface area contributed by atoms with Crippen LogP contribution in [0.2, 0.25) is 0 Å². The molecule has 0 saturated heterocycles. The van der Waals surface area contributed by atoms with Crippen LogP contribution in [0.4, 0.5) is 4.39 Å². The van der Waals surface area contributed by atoms with Crippen molar-refractivity contribution < 1.29 is 14.3 Å². The number of hydrogen-bond donors (Lipinski definition) is 1. The molecule has 1 aromatic carbocycles. The van der Waals surface area contributed by atoms with Crippen molar-refractivity contribution in [1.82, 2.24) is 9.47 Å². The first-order chi connectivity index (χ1) is 9.99. The lowest BCUT2D eigenvalue weighted by atomic mass is 10.1. The molecule has 0 spiro atoms. The molecular weight excluding hydrogens is 271 g/mol. The summed E-state index contributed by atoms with van der Waals surface area (Å²) >= 11 is 0. The Morgan fingerprint density at radius 2 is 2.05 bits per heavy atom. The summed E-state index contributed by atoms with van der Waals surface area (Å²) in [6.07, 6.45) is 3.52. The average molecular weight is 290 g/mol. The van der Waals surface area contributed by atoms with Crippen LogP contribution in [0, 0.1) is 5.82 Å². The molecular formula is C16H19FN2O2. The van der Waals surface area contributed by atoms with Crippen molar-refractivity contribution in [3.05, 3.63) is 54.1 Å². The van der Waals surface area contributed by atoms with E-state index in [4.69, 9.17) is 0 Å². The minimum Gasteiger partial charge on any atom is -0.393 e. The molecule has 0 saturated carbocycles. The van der Waals surface area contributed by atoms with E-state index in [1.165, 1.54) is 11.0 Å². The Labute approximate surface area is 123 Å². The van der Waals surface area contributed by atoms with Crippen LogP contribution in [0.25, 0.3) is 5.69 Å². The highest BCUT2D eigenvalue weighted by Gasteiger charge is 2.14. The second-order valence-electron chi connectivity index (χ2n) is 5.12. The van der Waals surface area contributed by atoms with Gasteiger partial charge in [0.15, 0.2) is 0 Å². The first kappa shape index (κ1) is 15.3. The topological polar surface area (TPSA) is 45.5 Å². The summed E-state index contributed by atoms with van der Waals surface area (Å²) in [7, 11) is 1.64. The third-order valence-corrected chi connectivity index (χ3v) is 3.31. The summed E-state index contributed by atoms with van der Waals surface area (Å²) in [5.74, 6) is -0.699. The minimum absolute atomic E-state index is 0.256. The Balaban J connectivity index is 2.14. The fourth-order valence-corrected chi connectivity index (χ4v) is 2.05. The highest BCUT2D eigenvalue weighted by molar-refractivity contribution is 5.94. The third kappa shape index (κ3) is 3.70. The largest absolute Gasteiger partial charge is 0.393 e. The van der Waals surface area contributed by atoms with Crippen molar-refractivity contribution in [2.75, 3.05) is 13.6 Å². The Kier molecular flexibility index (Phi) is 4.75. The van der Waals surface area contributed by atoms with Crippen molar-refractivity contribution in [3.8, 4) is 5.69 Å². The smallest absolute Gasteiger partial charge is 0.253 e. The van der Waals surface area contributed by atoms with Crippen molar-refractivity contribution in [3.63, 3.8) is 0 Å². The van der Waals surface area contributed by atoms with E-state index in [1.54, 1.807) is 43.1 Å². The summed E-state index contributed by atoms with van der Waals surface area (Å²) in [6, 6.07) is 8.06. The molecule has 1 aromatic heterocycles. The van der Waals surface area contributed by atoms with Crippen LogP contribution in [0.3, 0.4) is 0 Å². The van der Waals surface area contributed by atoms with Gasteiger partial charge in [0.05, 0.1) is 11.8 Å². The number of carbonyl (C=O) groups excluding carboxylic acids is 1. The van der Waals surface area contributed by atoms with E-state index in [0.29, 0.717) is 24.2 Å². The van der Waals surface area contributed by atoms with Gasteiger partial charge in [-0.2, -0.15) is 0 Å². The molecule has 1 atom stereocenters. The molecule has 2 aromatic rings. The molecule has 112 valence electrons. The molecule has 1 amide bonds. The Bertz CT molecular complexity index is 609. The first-order valence-electron chi connectivity index (χ1n) is 6.85. The maximum absolute atomic E-state index is 14.1. The molecule has 0 radical (unpaired) electrons. The average Bonchev–Trinajstić information content (AvgIpc) is 2.97. The lowest BCUT2D eigenvalue weighted by Gasteiger charge is -2.18. The fraction of sp³-hybridized carbons (Fsp3) is 0.312. The maximum atomic E-state index is 14.1. The number of benzene rings is 1.